The van der Waals surface area contributed by atoms with Crippen molar-refractivity contribution >= 4 is 28.5 Å². The lowest BCUT2D eigenvalue weighted by Crippen LogP contribution is -2.03. The van der Waals surface area contributed by atoms with E-state index >= 15 is 0 Å². The minimum Gasteiger partial charge on any atom is -0.481 e. The fraction of sp³-hybridized carbons (Fsp3) is 0.211. The third-order valence-electron chi connectivity index (χ3n) is 4.19. The molecule has 0 aliphatic heterocycles. The SMILES string of the molecule is Cc1c(CCC(=O)O)c2cc(Cl)ccc2n1Cc1ccccc1. The first-order valence-electron chi connectivity index (χ1n) is 7.59. The van der Waals surface area contributed by atoms with Crippen LogP contribution in [-0.4, -0.2) is 15.6 Å². The summed E-state index contributed by atoms with van der Waals surface area (Å²) in [7, 11) is 0. The molecule has 0 saturated heterocycles. The number of aryl methyl sites for hydroxylation is 1. The first-order valence-corrected chi connectivity index (χ1v) is 7.97. The van der Waals surface area contributed by atoms with Crippen LogP contribution < -0.4 is 0 Å². The molecule has 0 spiro atoms. The number of aromatic nitrogens is 1. The zero-order chi connectivity index (χ0) is 16.4. The number of halogens is 1. The highest BCUT2D eigenvalue weighted by Gasteiger charge is 2.15. The number of nitrogens with zero attached hydrogens (tertiary/aromatic N) is 1. The Labute approximate surface area is 140 Å². The number of carboxylic acid groups (broad SMARTS) is 1. The average molecular weight is 328 g/mol. The molecule has 2 aromatic carbocycles. The van der Waals surface area contributed by atoms with E-state index in [0.29, 0.717) is 11.4 Å². The smallest absolute Gasteiger partial charge is 0.303 e. The van der Waals surface area contributed by atoms with Gasteiger partial charge in [0.2, 0.25) is 0 Å². The molecule has 3 rings (SSSR count). The molecule has 0 aliphatic carbocycles. The topological polar surface area (TPSA) is 42.2 Å². The van der Waals surface area contributed by atoms with Crippen LogP contribution in [0.2, 0.25) is 5.02 Å². The van der Waals surface area contributed by atoms with E-state index in [4.69, 9.17) is 16.7 Å². The maximum absolute atomic E-state index is 11.0. The van der Waals surface area contributed by atoms with Crippen LogP contribution in [0, 0.1) is 6.92 Å². The van der Waals surface area contributed by atoms with Crippen LogP contribution in [0.15, 0.2) is 48.5 Å². The fourth-order valence-electron chi connectivity index (χ4n) is 3.04. The van der Waals surface area contributed by atoms with Gasteiger partial charge in [-0.05, 0) is 42.7 Å². The van der Waals surface area contributed by atoms with Gasteiger partial charge in [0.25, 0.3) is 0 Å². The van der Waals surface area contributed by atoms with Gasteiger partial charge in [-0.3, -0.25) is 4.79 Å². The van der Waals surface area contributed by atoms with Gasteiger partial charge in [-0.1, -0.05) is 41.9 Å². The Hall–Kier alpha value is -2.26. The maximum atomic E-state index is 11.0. The molecule has 0 amide bonds. The van der Waals surface area contributed by atoms with Crippen LogP contribution in [0.1, 0.15) is 23.2 Å². The van der Waals surface area contributed by atoms with Gasteiger partial charge in [-0.2, -0.15) is 0 Å². The summed E-state index contributed by atoms with van der Waals surface area (Å²) < 4.78 is 2.23. The van der Waals surface area contributed by atoms with Gasteiger partial charge in [0, 0.05) is 34.6 Å². The maximum Gasteiger partial charge on any atom is 0.303 e. The number of carbonyl (C=O) groups is 1. The van der Waals surface area contributed by atoms with E-state index in [-0.39, 0.29) is 6.42 Å². The molecule has 0 radical (unpaired) electrons. The first-order chi connectivity index (χ1) is 11.1. The van der Waals surface area contributed by atoms with Gasteiger partial charge >= 0.3 is 5.97 Å². The van der Waals surface area contributed by atoms with Crippen molar-refractivity contribution in [2.24, 2.45) is 0 Å². The molecule has 1 N–H and O–H groups in total. The lowest BCUT2D eigenvalue weighted by atomic mass is 10.1. The summed E-state index contributed by atoms with van der Waals surface area (Å²) in [5.74, 6) is -0.782. The molecule has 1 aromatic heterocycles. The van der Waals surface area contributed by atoms with Crippen LogP contribution in [0.4, 0.5) is 0 Å². The second kappa shape index (κ2) is 6.47. The van der Waals surface area contributed by atoms with Crippen molar-refractivity contribution in [2.75, 3.05) is 0 Å². The largest absolute Gasteiger partial charge is 0.481 e. The summed E-state index contributed by atoms with van der Waals surface area (Å²) in [6.07, 6.45) is 0.637. The molecule has 0 saturated carbocycles. The Morgan fingerprint density at radius 2 is 1.91 bits per heavy atom. The molecular weight excluding hydrogens is 310 g/mol. The molecule has 0 unspecified atom stereocenters. The number of hydrogen-bond acceptors (Lipinski definition) is 1. The minimum atomic E-state index is -0.782. The molecular formula is C19H18ClNO2. The van der Waals surface area contributed by atoms with E-state index in [0.717, 1.165) is 28.7 Å². The first kappa shape index (κ1) is 15.6. The molecule has 1 heterocycles. The summed E-state index contributed by atoms with van der Waals surface area (Å²) in [4.78, 5) is 11.0. The highest BCUT2D eigenvalue weighted by Crippen LogP contribution is 2.30. The molecule has 0 aliphatic rings. The van der Waals surface area contributed by atoms with Crippen molar-refractivity contribution in [2.45, 2.75) is 26.3 Å². The van der Waals surface area contributed by atoms with E-state index < -0.39 is 5.97 Å². The second-order valence-electron chi connectivity index (χ2n) is 5.69. The molecule has 0 fully saturated rings. The molecule has 0 atom stereocenters. The van der Waals surface area contributed by atoms with E-state index in [1.54, 1.807) is 0 Å². The Kier molecular flexibility index (Phi) is 4.39. The molecule has 0 bridgehead atoms. The monoisotopic (exact) mass is 327 g/mol. The summed E-state index contributed by atoms with van der Waals surface area (Å²) in [6, 6.07) is 16.1. The van der Waals surface area contributed by atoms with Crippen LogP contribution >= 0.6 is 11.6 Å². The lowest BCUT2D eigenvalue weighted by molar-refractivity contribution is -0.136. The number of carboxylic acids is 1. The fourth-order valence-corrected chi connectivity index (χ4v) is 3.21. The highest BCUT2D eigenvalue weighted by atomic mass is 35.5. The number of aliphatic carboxylic acids is 1. The van der Waals surface area contributed by atoms with Crippen LogP contribution in [0.25, 0.3) is 10.9 Å². The zero-order valence-corrected chi connectivity index (χ0v) is 13.7. The van der Waals surface area contributed by atoms with E-state index in [9.17, 15) is 4.79 Å². The summed E-state index contributed by atoms with van der Waals surface area (Å²) >= 11 is 6.15. The van der Waals surface area contributed by atoms with Gasteiger partial charge in [0.05, 0.1) is 0 Å². The molecule has 3 aromatic rings. The predicted octanol–water partition coefficient (Wildman–Crippen LogP) is 4.67. The van der Waals surface area contributed by atoms with E-state index in [1.807, 2.05) is 43.3 Å². The van der Waals surface area contributed by atoms with E-state index in [2.05, 4.69) is 16.7 Å². The van der Waals surface area contributed by atoms with Crippen molar-refractivity contribution in [1.29, 1.82) is 0 Å². The average Bonchev–Trinajstić information content (AvgIpc) is 2.78. The Morgan fingerprint density at radius 1 is 1.17 bits per heavy atom. The Morgan fingerprint density at radius 3 is 2.61 bits per heavy atom. The number of rotatable bonds is 5. The van der Waals surface area contributed by atoms with E-state index in [1.165, 1.54) is 5.56 Å². The van der Waals surface area contributed by atoms with Crippen LogP contribution in [0.5, 0.6) is 0 Å². The van der Waals surface area contributed by atoms with Crippen molar-refractivity contribution in [3.05, 3.63) is 70.4 Å². The van der Waals surface area contributed by atoms with Gasteiger partial charge in [0.15, 0.2) is 0 Å². The van der Waals surface area contributed by atoms with Crippen molar-refractivity contribution in [1.82, 2.24) is 4.57 Å². The molecule has 23 heavy (non-hydrogen) atoms. The summed E-state index contributed by atoms with van der Waals surface area (Å²) in [5, 5.41) is 10.7. The molecule has 118 valence electrons. The quantitative estimate of drug-likeness (QED) is 0.740. The summed E-state index contributed by atoms with van der Waals surface area (Å²) in [6.45, 7) is 2.81. The highest BCUT2D eigenvalue weighted by molar-refractivity contribution is 6.31. The number of hydrogen-bond donors (Lipinski definition) is 1. The zero-order valence-electron chi connectivity index (χ0n) is 12.9. The lowest BCUT2D eigenvalue weighted by Gasteiger charge is -2.09. The third kappa shape index (κ3) is 3.25. The van der Waals surface area contributed by atoms with Gasteiger partial charge in [-0.25, -0.2) is 0 Å². The Balaban J connectivity index is 2.10. The third-order valence-corrected chi connectivity index (χ3v) is 4.42. The number of fused-ring (bicyclic) bond motifs is 1. The molecule has 4 heteroatoms. The molecule has 3 nitrogen and oxygen atoms in total. The standard InChI is InChI=1S/C19H18ClNO2/c1-13-16(8-10-19(22)23)17-11-15(20)7-9-18(17)21(13)12-14-5-3-2-4-6-14/h2-7,9,11H,8,10,12H2,1H3,(H,22,23). The summed E-state index contributed by atoms with van der Waals surface area (Å²) in [5.41, 5.74) is 4.48. The van der Waals surface area contributed by atoms with Gasteiger partial charge in [-0.15, -0.1) is 0 Å². The van der Waals surface area contributed by atoms with Crippen LogP contribution in [-0.2, 0) is 17.8 Å². The Bertz CT molecular complexity index is 853. The van der Waals surface area contributed by atoms with Crippen molar-refractivity contribution in [3.63, 3.8) is 0 Å². The normalized spacial score (nSPS) is 11.0. The van der Waals surface area contributed by atoms with Gasteiger partial charge in [0.1, 0.15) is 0 Å². The minimum absolute atomic E-state index is 0.123. The van der Waals surface area contributed by atoms with Gasteiger partial charge < -0.3 is 9.67 Å². The predicted molar refractivity (Wildman–Crippen MR) is 93.2 cm³/mol. The van der Waals surface area contributed by atoms with Crippen LogP contribution in [0.3, 0.4) is 0 Å². The van der Waals surface area contributed by atoms with Crippen molar-refractivity contribution < 1.29 is 9.90 Å². The van der Waals surface area contributed by atoms with Crippen molar-refractivity contribution in [3.8, 4) is 0 Å². The number of benzene rings is 2. The second-order valence-corrected chi connectivity index (χ2v) is 6.13.